The van der Waals surface area contributed by atoms with Gasteiger partial charge in [-0.15, -0.1) is 0 Å². The van der Waals surface area contributed by atoms with E-state index in [0.29, 0.717) is 43.4 Å². The van der Waals surface area contributed by atoms with E-state index in [1.807, 2.05) is 24.3 Å². The summed E-state index contributed by atoms with van der Waals surface area (Å²) in [5.41, 5.74) is 3.07. The normalized spacial score (nSPS) is 21.5. The van der Waals surface area contributed by atoms with E-state index in [0.717, 1.165) is 49.8 Å². The highest BCUT2D eigenvalue weighted by Crippen LogP contribution is 2.35. The summed E-state index contributed by atoms with van der Waals surface area (Å²) in [5, 5.41) is 7.04. The van der Waals surface area contributed by atoms with Crippen molar-refractivity contribution in [3.8, 4) is 0 Å². The van der Waals surface area contributed by atoms with Gasteiger partial charge in [0.15, 0.2) is 0 Å². The van der Waals surface area contributed by atoms with Gasteiger partial charge in [0.2, 0.25) is 5.91 Å². The summed E-state index contributed by atoms with van der Waals surface area (Å²) in [6, 6.07) is 8.16. The van der Waals surface area contributed by atoms with Crippen LogP contribution in [0.2, 0.25) is 0 Å². The molecule has 1 aromatic carbocycles. The van der Waals surface area contributed by atoms with E-state index >= 15 is 0 Å². The number of para-hydroxylation sites is 1. The van der Waals surface area contributed by atoms with E-state index in [1.54, 1.807) is 6.92 Å². The highest BCUT2D eigenvalue weighted by molar-refractivity contribution is 5.96. The average Bonchev–Trinajstić information content (AvgIpc) is 3.30. The van der Waals surface area contributed by atoms with Crippen LogP contribution < -0.4 is 4.90 Å². The van der Waals surface area contributed by atoms with Crippen LogP contribution in [0.15, 0.2) is 30.5 Å². The van der Waals surface area contributed by atoms with Crippen molar-refractivity contribution in [2.45, 2.75) is 64.8 Å². The van der Waals surface area contributed by atoms with Gasteiger partial charge in [-0.1, -0.05) is 25.1 Å². The minimum atomic E-state index is -0.382. The molecule has 0 spiro atoms. The van der Waals surface area contributed by atoms with Crippen LogP contribution in [-0.2, 0) is 20.7 Å². The Balaban J connectivity index is 1.65. The molecule has 7 heteroatoms. The number of benzene rings is 1. The molecule has 4 rings (SSSR count). The summed E-state index contributed by atoms with van der Waals surface area (Å²) in [6.07, 6.45) is 7.78. The maximum atomic E-state index is 13.9. The van der Waals surface area contributed by atoms with Crippen LogP contribution in [0.4, 0.5) is 5.69 Å². The fourth-order valence-corrected chi connectivity index (χ4v) is 5.06. The summed E-state index contributed by atoms with van der Waals surface area (Å²) < 4.78 is 10.8. The SMILES string of the molecule is CCOC(=O)c1cn[nH]c1Cc1ccccc1N(C(=O)C1CCC(C)CC1)C1CCOCC1. The minimum Gasteiger partial charge on any atom is -0.462 e. The van der Waals surface area contributed by atoms with Crippen molar-refractivity contribution in [2.75, 3.05) is 24.7 Å². The molecule has 33 heavy (non-hydrogen) atoms. The Kier molecular flexibility index (Phi) is 7.81. The van der Waals surface area contributed by atoms with Gasteiger partial charge in [0.1, 0.15) is 5.56 Å². The maximum absolute atomic E-state index is 13.9. The molecule has 1 aliphatic heterocycles. The van der Waals surface area contributed by atoms with Crippen LogP contribution in [0.1, 0.15) is 74.0 Å². The van der Waals surface area contributed by atoms with Gasteiger partial charge in [0.05, 0.1) is 18.5 Å². The number of rotatable bonds is 7. The molecule has 2 aromatic rings. The van der Waals surface area contributed by atoms with Crippen LogP contribution in [0.25, 0.3) is 0 Å². The lowest BCUT2D eigenvalue weighted by Crippen LogP contribution is -2.47. The van der Waals surface area contributed by atoms with Gasteiger partial charge >= 0.3 is 5.97 Å². The second kappa shape index (κ2) is 11.0. The van der Waals surface area contributed by atoms with E-state index in [-0.39, 0.29) is 23.8 Å². The molecule has 1 aliphatic carbocycles. The molecule has 1 saturated carbocycles. The van der Waals surface area contributed by atoms with Crippen molar-refractivity contribution in [2.24, 2.45) is 11.8 Å². The molecule has 2 fully saturated rings. The number of anilines is 1. The van der Waals surface area contributed by atoms with Crippen molar-refractivity contribution < 1.29 is 19.1 Å². The van der Waals surface area contributed by atoms with Crippen LogP contribution in [0.5, 0.6) is 0 Å². The first-order chi connectivity index (χ1) is 16.1. The third kappa shape index (κ3) is 5.46. The minimum absolute atomic E-state index is 0.0688. The lowest BCUT2D eigenvalue weighted by molar-refractivity contribution is -0.124. The summed E-state index contributed by atoms with van der Waals surface area (Å²) in [7, 11) is 0. The van der Waals surface area contributed by atoms with Gasteiger partial charge in [-0.3, -0.25) is 9.89 Å². The predicted molar refractivity (Wildman–Crippen MR) is 126 cm³/mol. The van der Waals surface area contributed by atoms with E-state index in [2.05, 4.69) is 22.0 Å². The number of carbonyl (C=O) groups excluding carboxylic acids is 2. The van der Waals surface area contributed by atoms with Gasteiger partial charge in [-0.05, 0) is 63.0 Å². The molecular formula is C26H35N3O4. The van der Waals surface area contributed by atoms with Crippen molar-refractivity contribution in [3.63, 3.8) is 0 Å². The highest BCUT2D eigenvalue weighted by atomic mass is 16.5. The maximum Gasteiger partial charge on any atom is 0.341 e. The summed E-state index contributed by atoms with van der Waals surface area (Å²) in [5.74, 6) is 0.614. The summed E-state index contributed by atoms with van der Waals surface area (Å²) >= 11 is 0. The lowest BCUT2D eigenvalue weighted by Gasteiger charge is -2.39. The molecule has 178 valence electrons. The zero-order valence-corrected chi connectivity index (χ0v) is 19.7. The number of aromatic nitrogens is 2. The van der Waals surface area contributed by atoms with Gasteiger partial charge in [-0.25, -0.2) is 4.79 Å². The molecule has 7 nitrogen and oxygen atoms in total. The molecule has 1 saturated heterocycles. The first-order valence-corrected chi connectivity index (χ1v) is 12.3. The molecular weight excluding hydrogens is 418 g/mol. The second-order valence-corrected chi connectivity index (χ2v) is 9.30. The largest absolute Gasteiger partial charge is 0.462 e. The average molecular weight is 454 g/mol. The topological polar surface area (TPSA) is 84.5 Å². The number of aromatic amines is 1. The Morgan fingerprint density at radius 3 is 2.58 bits per heavy atom. The van der Waals surface area contributed by atoms with Crippen LogP contribution in [0.3, 0.4) is 0 Å². The van der Waals surface area contributed by atoms with E-state index in [4.69, 9.17) is 9.47 Å². The number of ether oxygens (including phenoxy) is 2. The number of hydrogen-bond acceptors (Lipinski definition) is 5. The lowest BCUT2D eigenvalue weighted by atomic mass is 9.82. The number of nitrogens with one attached hydrogen (secondary N) is 1. The van der Waals surface area contributed by atoms with Gasteiger partial charge < -0.3 is 14.4 Å². The quantitative estimate of drug-likeness (QED) is 0.623. The molecule has 1 N–H and O–H groups in total. The monoisotopic (exact) mass is 453 g/mol. The zero-order valence-electron chi connectivity index (χ0n) is 19.7. The van der Waals surface area contributed by atoms with Gasteiger partial charge in [-0.2, -0.15) is 5.10 Å². The molecule has 0 radical (unpaired) electrons. The van der Waals surface area contributed by atoms with Gasteiger partial charge in [0.25, 0.3) is 0 Å². The van der Waals surface area contributed by atoms with Crippen molar-refractivity contribution in [1.29, 1.82) is 0 Å². The first-order valence-electron chi connectivity index (χ1n) is 12.3. The fourth-order valence-electron chi connectivity index (χ4n) is 5.06. The van der Waals surface area contributed by atoms with Crippen LogP contribution in [0, 0.1) is 11.8 Å². The zero-order chi connectivity index (χ0) is 23.2. The predicted octanol–water partition coefficient (Wildman–Crippen LogP) is 4.52. The van der Waals surface area contributed by atoms with Gasteiger partial charge in [0, 0.05) is 37.3 Å². The molecule has 0 bridgehead atoms. The van der Waals surface area contributed by atoms with Crippen molar-refractivity contribution >= 4 is 17.6 Å². The Bertz CT molecular complexity index is 943. The molecule has 1 aromatic heterocycles. The Labute approximate surface area is 195 Å². The number of nitrogens with zero attached hydrogens (tertiary/aromatic N) is 2. The van der Waals surface area contributed by atoms with Crippen LogP contribution in [-0.4, -0.2) is 47.9 Å². The standard InChI is InChI=1S/C26H35N3O4/c1-3-33-26(31)22-17-27-28-23(22)16-20-6-4-5-7-24(20)29(21-12-14-32-15-13-21)25(30)19-10-8-18(2)9-11-19/h4-7,17-19,21H,3,8-16H2,1-2H3,(H,27,28). The Hall–Kier alpha value is -2.67. The summed E-state index contributed by atoms with van der Waals surface area (Å²) in [6.45, 7) is 5.72. The molecule has 1 amide bonds. The Morgan fingerprint density at radius 1 is 1.12 bits per heavy atom. The Morgan fingerprint density at radius 2 is 1.85 bits per heavy atom. The molecule has 2 heterocycles. The number of amides is 1. The highest BCUT2D eigenvalue weighted by Gasteiger charge is 2.34. The fraction of sp³-hybridized carbons (Fsp3) is 0.577. The first kappa shape index (κ1) is 23.5. The van der Waals surface area contributed by atoms with E-state index < -0.39 is 0 Å². The number of esters is 1. The van der Waals surface area contributed by atoms with E-state index in [1.165, 1.54) is 6.20 Å². The van der Waals surface area contributed by atoms with Crippen molar-refractivity contribution in [3.05, 3.63) is 47.3 Å². The van der Waals surface area contributed by atoms with Crippen LogP contribution >= 0.6 is 0 Å². The third-order valence-electron chi connectivity index (χ3n) is 6.99. The van der Waals surface area contributed by atoms with E-state index in [9.17, 15) is 9.59 Å². The number of carbonyl (C=O) groups is 2. The smallest absolute Gasteiger partial charge is 0.341 e. The molecule has 2 aliphatic rings. The second-order valence-electron chi connectivity index (χ2n) is 9.30. The number of hydrogen-bond donors (Lipinski definition) is 1. The summed E-state index contributed by atoms with van der Waals surface area (Å²) in [4.78, 5) is 28.3. The third-order valence-corrected chi connectivity index (χ3v) is 6.99. The number of H-pyrrole nitrogens is 1. The molecule has 0 unspecified atom stereocenters. The molecule has 0 atom stereocenters. The van der Waals surface area contributed by atoms with Crippen molar-refractivity contribution in [1.82, 2.24) is 10.2 Å².